The zero-order chi connectivity index (χ0) is 23.1. The van der Waals surface area contributed by atoms with Crippen molar-refractivity contribution in [2.45, 2.75) is 91.1 Å². The van der Waals surface area contributed by atoms with Gasteiger partial charge in [-0.25, -0.2) is 0 Å². The van der Waals surface area contributed by atoms with Gasteiger partial charge in [0.25, 0.3) is 0 Å². The monoisotopic (exact) mass is 446 g/mol. The maximum absolute atomic E-state index is 10.7. The molecule has 0 aliphatic heterocycles. The molecule has 0 amide bonds. The van der Waals surface area contributed by atoms with Gasteiger partial charge in [0, 0.05) is 13.1 Å². The zero-order valence-corrected chi connectivity index (χ0v) is 19.1. The van der Waals surface area contributed by atoms with E-state index in [-0.39, 0.29) is 21.2 Å². The maximum Gasteiger partial charge on any atom is 0.309 e. The van der Waals surface area contributed by atoms with Gasteiger partial charge in [0.15, 0.2) is 0 Å². The largest absolute Gasteiger partial charge is 0.309 e. The topological polar surface area (TPSA) is 122 Å². The van der Waals surface area contributed by atoms with E-state index in [1.807, 2.05) is 0 Å². The molecule has 0 unspecified atom stereocenters. The summed E-state index contributed by atoms with van der Waals surface area (Å²) < 4.78 is 3.53. The van der Waals surface area contributed by atoms with Gasteiger partial charge >= 0.3 is 11.4 Å². The first-order valence-electron chi connectivity index (χ1n) is 11.7. The van der Waals surface area contributed by atoms with Crippen LogP contribution in [0.5, 0.6) is 0 Å². The molecule has 176 valence electrons. The second-order valence-corrected chi connectivity index (χ2v) is 9.14. The molecule has 32 heavy (non-hydrogen) atoms. The number of nitrogens with zero attached hydrogens (tertiary/aromatic N) is 6. The average molecular weight is 447 g/mol. The van der Waals surface area contributed by atoms with Crippen LogP contribution in [0.25, 0.3) is 0 Å². The van der Waals surface area contributed by atoms with Crippen LogP contribution in [0.1, 0.15) is 75.6 Å². The summed E-state index contributed by atoms with van der Waals surface area (Å²) in [6.45, 7) is 5.12. The van der Waals surface area contributed by atoms with Crippen LogP contribution < -0.4 is 0 Å². The standard InChI is InChI=1S/2C11H17N3O2/c1-9-11(14(15)16)7-12-13(9)8-10-5-3-2-4-6-10;1-9-11(14(15)16)8-13(12-9)7-10-5-3-2-4-6-10/h7,10H,2-6,8H2,1H3;8,10H,2-7H2,1H3. The molecule has 2 saturated carbocycles. The Labute approximate surface area is 188 Å². The number of aryl methyl sites for hydroxylation is 1. The van der Waals surface area contributed by atoms with Gasteiger partial charge < -0.3 is 0 Å². The van der Waals surface area contributed by atoms with Crippen molar-refractivity contribution in [2.75, 3.05) is 0 Å². The molecule has 10 nitrogen and oxygen atoms in total. The van der Waals surface area contributed by atoms with Crippen LogP contribution in [0.4, 0.5) is 11.4 Å². The Kier molecular flexibility index (Phi) is 8.35. The molecule has 0 saturated heterocycles. The van der Waals surface area contributed by atoms with Gasteiger partial charge in [0.2, 0.25) is 0 Å². The van der Waals surface area contributed by atoms with Crippen molar-refractivity contribution in [2.24, 2.45) is 11.8 Å². The van der Waals surface area contributed by atoms with Crippen molar-refractivity contribution < 1.29 is 9.85 Å². The molecular formula is C22H34N6O4. The molecule has 0 radical (unpaired) electrons. The highest BCUT2D eigenvalue weighted by Crippen LogP contribution is 2.27. The van der Waals surface area contributed by atoms with Crippen molar-refractivity contribution >= 4 is 11.4 Å². The fraction of sp³-hybridized carbons (Fsp3) is 0.727. The third kappa shape index (κ3) is 6.37. The Morgan fingerprint density at radius 1 is 0.875 bits per heavy atom. The van der Waals surface area contributed by atoms with Gasteiger partial charge in [-0.3, -0.25) is 29.6 Å². The summed E-state index contributed by atoms with van der Waals surface area (Å²) in [5.41, 5.74) is 1.46. The van der Waals surface area contributed by atoms with Crippen molar-refractivity contribution in [1.82, 2.24) is 19.6 Å². The highest BCUT2D eigenvalue weighted by molar-refractivity contribution is 5.31. The average Bonchev–Trinajstić information content (AvgIpc) is 3.32. The quantitative estimate of drug-likeness (QED) is 0.435. The molecular weight excluding hydrogens is 412 g/mol. The summed E-state index contributed by atoms with van der Waals surface area (Å²) in [6, 6.07) is 0. The lowest BCUT2D eigenvalue weighted by Gasteiger charge is -2.21. The van der Waals surface area contributed by atoms with Gasteiger partial charge in [-0.05, 0) is 51.4 Å². The summed E-state index contributed by atoms with van der Waals surface area (Å²) >= 11 is 0. The Morgan fingerprint density at radius 2 is 1.41 bits per heavy atom. The van der Waals surface area contributed by atoms with Crippen LogP contribution in [0.3, 0.4) is 0 Å². The van der Waals surface area contributed by atoms with E-state index in [1.54, 1.807) is 29.4 Å². The van der Waals surface area contributed by atoms with Crippen molar-refractivity contribution in [1.29, 1.82) is 0 Å². The first-order valence-corrected chi connectivity index (χ1v) is 11.7. The minimum Gasteiger partial charge on any atom is -0.265 e. The van der Waals surface area contributed by atoms with Crippen LogP contribution >= 0.6 is 0 Å². The van der Waals surface area contributed by atoms with Crippen molar-refractivity contribution in [3.05, 3.63) is 44.0 Å². The third-order valence-electron chi connectivity index (χ3n) is 6.72. The second-order valence-electron chi connectivity index (χ2n) is 9.14. The predicted molar refractivity (Wildman–Crippen MR) is 120 cm³/mol. The van der Waals surface area contributed by atoms with E-state index < -0.39 is 0 Å². The molecule has 2 aliphatic rings. The van der Waals surface area contributed by atoms with Gasteiger partial charge in [-0.2, -0.15) is 10.2 Å². The highest BCUT2D eigenvalue weighted by Gasteiger charge is 2.21. The van der Waals surface area contributed by atoms with E-state index in [9.17, 15) is 20.2 Å². The number of hydrogen-bond acceptors (Lipinski definition) is 6. The van der Waals surface area contributed by atoms with E-state index in [2.05, 4.69) is 10.2 Å². The molecule has 2 aromatic heterocycles. The smallest absolute Gasteiger partial charge is 0.265 e. The normalized spacial score (nSPS) is 17.6. The van der Waals surface area contributed by atoms with Crippen LogP contribution in [0, 0.1) is 45.9 Å². The predicted octanol–water partition coefficient (Wildman–Crippen LogP) is 5.36. The van der Waals surface area contributed by atoms with Gasteiger partial charge in [0.1, 0.15) is 23.8 Å². The van der Waals surface area contributed by atoms with Gasteiger partial charge in [-0.1, -0.05) is 38.5 Å². The van der Waals surface area contributed by atoms with Crippen LogP contribution in [0.15, 0.2) is 12.4 Å². The highest BCUT2D eigenvalue weighted by atomic mass is 16.6. The van der Waals surface area contributed by atoms with E-state index in [0.717, 1.165) is 13.1 Å². The molecule has 2 fully saturated rings. The summed E-state index contributed by atoms with van der Waals surface area (Å²) in [7, 11) is 0. The molecule has 2 heterocycles. The maximum atomic E-state index is 10.7. The minimum absolute atomic E-state index is 0.135. The minimum atomic E-state index is -0.361. The molecule has 4 rings (SSSR count). The Bertz CT molecular complexity index is 898. The fourth-order valence-electron chi connectivity index (χ4n) is 4.83. The molecule has 2 aliphatic carbocycles. The molecule has 0 spiro atoms. The zero-order valence-electron chi connectivity index (χ0n) is 19.1. The molecule has 0 bridgehead atoms. The molecule has 0 aromatic carbocycles. The fourth-order valence-corrected chi connectivity index (χ4v) is 4.83. The SMILES string of the molecule is Cc1c([N+](=O)[O-])cnn1CC1CCCCC1.Cc1nn(CC2CCCCC2)cc1[N+](=O)[O-]. The first kappa shape index (κ1) is 23.9. The number of nitro groups is 2. The lowest BCUT2D eigenvalue weighted by Crippen LogP contribution is -2.16. The van der Waals surface area contributed by atoms with E-state index in [4.69, 9.17) is 0 Å². The van der Waals surface area contributed by atoms with Crippen molar-refractivity contribution in [3.8, 4) is 0 Å². The Hall–Kier alpha value is -2.78. The molecule has 0 atom stereocenters. The van der Waals surface area contributed by atoms with Crippen LogP contribution in [-0.2, 0) is 13.1 Å². The summed E-state index contributed by atoms with van der Waals surface area (Å²) in [5.74, 6) is 1.29. The number of rotatable bonds is 6. The molecule has 2 aromatic rings. The van der Waals surface area contributed by atoms with E-state index in [0.29, 0.717) is 23.2 Å². The lowest BCUT2D eigenvalue weighted by atomic mass is 9.89. The van der Waals surface area contributed by atoms with Gasteiger partial charge in [0.05, 0.1) is 9.85 Å². The molecule has 10 heteroatoms. The number of aromatic nitrogens is 4. The second kappa shape index (κ2) is 11.2. The van der Waals surface area contributed by atoms with E-state index in [1.165, 1.54) is 70.4 Å². The summed E-state index contributed by atoms with van der Waals surface area (Å²) in [5, 5.41) is 29.7. The Balaban J connectivity index is 0.000000181. The lowest BCUT2D eigenvalue weighted by molar-refractivity contribution is -0.385. The van der Waals surface area contributed by atoms with Gasteiger partial charge in [-0.15, -0.1) is 0 Å². The summed E-state index contributed by atoms with van der Waals surface area (Å²) in [4.78, 5) is 20.6. The van der Waals surface area contributed by atoms with E-state index >= 15 is 0 Å². The molecule has 0 N–H and O–H groups in total. The van der Waals surface area contributed by atoms with Crippen LogP contribution in [0.2, 0.25) is 0 Å². The summed E-state index contributed by atoms with van der Waals surface area (Å²) in [6.07, 6.45) is 15.6. The Morgan fingerprint density at radius 3 is 1.88 bits per heavy atom. The van der Waals surface area contributed by atoms with Crippen molar-refractivity contribution in [3.63, 3.8) is 0 Å². The first-order chi connectivity index (χ1) is 15.3. The number of hydrogen-bond donors (Lipinski definition) is 0. The third-order valence-corrected chi connectivity index (χ3v) is 6.72. The van der Waals surface area contributed by atoms with Crippen LogP contribution in [-0.4, -0.2) is 29.4 Å².